The first kappa shape index (κ1) is 10.2. The highest BCUT2D eigenvalue weighted by Gasteiger charge is 2.35. The van der Waals surface area contributed by atoms with E-state index >= 15 is 0 Å². The molecule has 1 N–H and O–H groups in total. The number of benzene rings is 1. The minimum atomic E-state index is -0.331. The standard InChI is InChI=1S/C12H14ClFN2/c1-7-2-3-16-11-5-9(14)8(13)4-10(11)15-6-12(7)16/h4-5,7,12,15H,2-3,6H2,1H3. The van der Waals surface area contributed by atoms with Gasteiger partial charge < -0.3 is 10.2 Å². The smallest absolute Gasteiger partial charge is 0.144 e. The largest absolute Gasteiger partial charge is 0.381 e. The lowest BCUT2D eigenvalue weighted by atomic mass is 10.0. The van der Waals surface area contributed by atoms with Gasteiger partial charge >= 0.3 is 0 Å². The van der Waals surface area contributed by atoms with Crippen molar-refractivity contribution in [3.63, 3.8) is 0 Å². The zero-order valence-corrected chi connectivity index (χ0v) is 9.89. The molecule has 2 heterocycles. The molecule has 0 spiro atoms. The Hall–Kier alpha value is -0.960. The van der Waals surface area contributed by atoms with Gasteiger partial charge in [-0.15, -0.1) is 0 Å². The summed E-state index contributed by atoms with van der Waals surface area (Å²) >= 11 is 5.78. The fourth-order valence-corrected chi connectivity index (χ4v) is 2.91. The highest BCUT2D eigenvalue weighted by atomic mass is 35.5. The summed E-state index contributed by atoms with van der Waals surface area (Å²) < 4.78 is 13.5. The molecule has 4 heteroatoms. The number of nitrogens with zero attached hydrogens (tertiary/aromatic N) is 1. The maximum absolute atomic E-state index is 13.5. The lowest BCUT2D eigenvalue weighted by Crippen LogP contribution is -2.41. The molecule has 0 aromatic heterocycles. The van der Waals surface area contributed by atoms with E-state index in [0.29, 0.717) is 12.0 Å². The van der Waals surface area contributed by atoms with E-state index in [1.807, 2.05) is 0 Å². The number of hydrogen-bond acceptors (Lipinski definition) is 2. The molecule has 2 unspecified atom stereocenters. The zero-order chi connectivity index (χ0) is 11.3. The summed E-state index contributed by atoms with van der Waals surface area (Å²) in [6.45, 7) is 4.20. The van der Waals surface area contributed by atoms with Crippen LogP contribution in [0.2, 0.25) is 5.02 Å². The Labute approximate surface area is 99.4 Å². The molecule has 2 atom stereocenters. The van der Waals surface area contributed by atoms with Crippen molar-refractivity contribution >= 4 is 23.0 Å². The Morgan fingerprint density at radius 1 is 1.50 bits per heavy atom. The van der Waals surface area contributed by atoms with Crippen LogP contribution < -0.4 is 10.2 Å². The SMILES string of the molecule is CC1CCN2c3cc(F)c(Cl)cc3NCC12. The van der Waals surface area contributed by atoms with E-state index in [1.54, 1.807) is 12.1 Å². The first-order chi connectivity index (χ1) is 7.66. The second kappa shape index (κ2) is 3.52. The fraction of sp³-hybridized carbons (Fsp3) is 0.500. The van der Waals surface area contributed by atoms with E-state index in [1.165, 1.54) is 6.42 Å². The summed E-state index contributed by atoms with van der Waals surface area (Å²) in [5, 5.41) is 3.53. The monoisotopic (exact) mass is 240 g/mol. The molecule has 3 rings (SSSR count). The van der Waals surface area contributed by atoms with Gasteiger partial charge in [-0.1, -0.05) is 18.5 Å². The van der Waals surface area contributed by atoms with Crippen LogP contribution in [0.3, 0.4) is 0 Å². The Balaban J connectivity index is 2.06. The van der Waals surface area contributed by atoms with Crippen molar-refractivity contribution < 1.29 is 4.39 Å². The molecule has 1 fully saturated rings. The Bertz CT molecular complexity index is 435. The van der Waals surface area contributed by atoms with E-state index in [0.717, 1.165) is 24.5 Å². The average molecular weight is 241 g/mol. The predicted molar refractivity (Wildman–Crippen MR) is 64.8 cm³/mol. The second-order valence-corrected chi connectivity index (χ2v) is 5.10. The highest BCUT2D eigenvalue weighted by Crippen LogP contribution is 2.40. The summed E-state index contributed by atoms with van der Waals surface area (Å²) in [6.07, 6.45) is 1.18. The van der Waals surface area contributed by atoms with Crippen molar-refractivity contribution in [3.05, 3.63) is 23.0 Å². The van der Waals surface area contributed by atoms with Gasteiger partial charge in [-0.05, 0) is 18.4 Å². The molecular formula is C12H14ClFN2. The molecule has 1 saturated heterocycles. The quantitative estimate of drug-likeness (QED) is 0.750. The maximum atomic E-state index is 13.5. The first-order valence-corrected chi connectivity index (χ1v) is 6.04. The molecule has 16 heavy (non-hydrogen) atoms. The van der Waals surface area contributed by atoms with Gasteiger partial charge in [0.2, 0.25) is 0 Å². The van der Waals surface area contributed by atoms with E-state index < -0.39 is 0 Å². The van der Waals surface area contributed by atoms with E-state index in [4.69, 9.17) is 11.6 Å². The van der Waals surface area contributed by atoms with Crippen molar-refractivity contribution in [1.29, 1.82) is 0 Å². The number of anilines is 2. The third-order valence-corrected chi connectivity index (χ3v) is 4.02. The predicted octanol–water partition coefficient (Wildman–Crippen LogP) is 3.12. The molecule has 0 saturated carbocycles. The Kier molecular flexibility index (Phi) is 2.25. The van der Waals surface area contributed by atoms with Gasteiger partial charge in [0, 0.05) is 25.2 Å². The summed E-state index contributed by atoms with van der Waals surface area (Å²) in [6, 6.07) is 3.73. The summed E-state index contributed by atoms with van der Waals surface area (Å²) in [5.41, 5.74) is 1.92. The minimum absolute atomic E-state index is 0.192. The number of nitrogens with one attached hydrogen (secondary N) is 1. The van der Waals surface area contributed by atoms with Crippen LogP contribution in [0.4, 0.5) is 15.8 Å². The third kappa shape index (κ3) is 1.38. The van der Waals surface area contributed by atoms with Crippen molar-refractivity contribution in [2.45, 2.75) is 19.4 Å². The van der Waals surface area contributed by atoms with E-state index in [2.05, 4.69) is 17.1 Å². The topological polar surface area (TPSA) is 15.3 Å². The van der Waals surface area contributed by atoms with Crippen molar-refractivity contribution in [2.24, 2.45) is 5.92 Å². The number of rotatable bonds is 0. The molecule has 1 aromatic rings. The fourth-order valence-electron chi connectivity index (χ4n) is 2.75. The van der Waals surface area contributed by atoms with Gasteiger partial charge in [-0.2, -0.15) is 0 Å². The van der Waals surface area contributed by atoms with Crippen LogP contribution in [-0.4, -0.2) is 19.1 Å². The van der Waals surface area contributed by atoms with Crippen LogP contribution in [0, 0.1) is 11.7 Å². The molecule has 0 radical (unpaired) electrons. The van der Waals surface area contributed by atoms with Crippen LogP contribution in [0.25, 0.3) is 0 Å². The second-order valence-electron chi connectivity index (χ2n) is 4.69. The molecule has 2 aliphatic heterocycles. The molecule has 86 valence electrons. The van der Waals surface area contributed by atoms with Crippen LogP contribution in [0.1, 0.15) is 13.3 Å². The number of halogens is 2. The van der Waals surface area contributed by atoms with Gasteiger partial charge in [-0.25, -0.2) is 4.39 Å². The summed E-state index contributed by atoms with van der Waals surface area (Å²) in [5.74, 6) is 0.335. The maximum Gasteiger partial charge on any atom is 0.144 e. The van der Waals surface area contributed by atoms with Crippen molar-refractivity contribution in [2.75, 3.05) is 23.3 Å². The first-order valence-electron chi connectivity index (χ1n) is 5.66. The zero-order valence-electron chi connectivity index (χ0n) is 9.13. The molecule has 1 aromatic carbocycles. The Morgan fingerprint density at radius 3 is 3.12 bits per heavy atom. The Morgan fingerprint density at radius 2 is 2.31 bits per heavy atom. The molecule has 0 amide bonds. The lowest BCUT2D eigenvalue weighted by molar-refractivity contribution is 0.522. The van der Waals surface area contributed by atoms with Crippen LogP contribution in [0.5, 0.6) is 0 Å². The lowest BCUT2D eigenvalue weighted by Gasteiger charge is -2.36. The third-order valence-electron chi connectivity index (χ3n) is 3.73. The van der Waals surface area contributed by atoms with Crippen molar-refractivity contribution in [3.8, 4) is 0 Å². The molecule has 2 aliphatic rings. The minimum Gasteiger partial charge on any atom is -0.381 e. The summed E-state index contributed by atoms with van der Waals surface area (Å²) in [7, 11) is 0. The van der Waals surface area contributed by atoms with Gasteiger partial charge in [0.25, 0.3) is 0 Å². The van der Waals surface area contributed by atoms with E-state index in [-0.39, 0.29) is 10.8 Å². The van der Waals surface area contributed by atoms with Crippen LogP contribution >= 0.6 is 11.6 Å². The van der Waals surface area contributed by atoms with Crippen LogP contribution in [0.15, 0.2) is 12.1 Å². The normalized spacial score (nSPS) is 27.3. The van der Waals surface area contributed by atoms with Gasteiger partial charge in [0.15, 0.2) is 0 Å². The van der Waals surface area contributed by atoms with Crippen LogP contribution in [-0.2, 0) is 0 Å². The molecular weight excluding hydrogens is 227 g/mol. The van der Waals surface area contributed by atoms with Gasteiger partial charge in [0.1, 0.15) is 5.82 Å². The molecule has 0 aliphatic carbocycles. The van der Waals surface area contributed by atoms with Gasteiger partial charge in [-0.3, -0.25) is 0 Å². The highest BCUT2D eigenvalue weighted by molar-refractivity contribution is 6.31. The molecule has 0 bridgehead atoms. The molecule has 2 nitrogen and oxygen atoms in total. The van der Waals surface area contributed by atoms with Gasteiger partial charge in [0.05, 0.1) is 16.4 Å². The van der Waals surface area contributed by atoms with E-state index in [9.17, 15) is 4.39 Å². The summed E-state index contributed by atoms with van der Waals surface area (Å²) in [4.78, 5) is 2.30. The average Bonchev–Trinajstić information content (AvgIpc) is 2.63. The number of fused-ring (bicyclic) bond motifs is 3. The van der Waals surface area contributed by atoms with Crippen molar-refractivity contribution in [1.82, 2.24) is 0 Å². The number of hydrogen-bond donors (Lipinski definition) is 1.